The monoisotopic (exact) mass is 258 g/mol. The van der Waals surface area contributed by atoms with Gasteiger partial charge in [-0.1, -0.05) is 12.1 Å². The molecular formula is C15H12F2N2. The van der Waals surface area contributed by atoms with Crippen LogP contribution in [0.1, 0.15) is 16.7 Å². The van der Waals surface area contributed by atoms with Crippen molar-refractivity contribution < 1.29 is 8.78 Å². The predicted octanol–water partition coefficient (Wildman–Crippen LogP) is 4.20. The number of rotatable bonds is 2. The van der Waals surface area contributed by atoms with Crippen LogP contribution in [0.3, 0.4) is 0 Å². The van der Waals surface area contributed by atoms with Crippen molar-refractivity contribution in [2.75, 3.05) is 5.32 Å². The second-order valence-corrected chi connectivity index (χ2v) is 4.34. The van der Waals surface area contributed by atoms with Crippen molar-refractivity contribution in [3.63, 3.8) is 0 Å². The summed E-state index contributed by atoms with van der Waals surface area (Å²) in [4.78, 5) is 0. The van der Waals surface area contributed by atoms with Gasteiger partial charge in [0, 0.05) is 0 Å². The van der Waals surface area contributed by atoms with Gasteiger partial charge in [-0.05, 0) is 43.2 Å². The van der Waals surface area contributed by atoms with Crippen LogP contribution >= 0.6 is 0 Å². The topological polar surface area (TPSA) is 35.8 Å². The Bertz CT molecular complexity index is 673. The molecule has 0 amide bonds. The Morgan fingerprint density at radius 3 is 2.53 bits per heavy atom. The van der Waals surface area contributed by atoms with E-state index < -0.39 is 11.6 Å². The lowest BCUT2D eigenvalue weighted by Gasteiger charge is -2.12. The molecule has 4 heteroatoms. The molecule has 0 heterocycles. The molecule has 0 radical (unpaired) electrons. The van der Waals surface area contributed by atoms with Crippen LogP contribution in [0.15, 0.2) is 30.3 Å². The highest BCUT2D eigenvalue weighted by atomic mass is 19.1. The first-order valence-corrected chi connectivity index (χ1v) is 5.75. The van der Waals surface area contributed by atoms with Crippen molar-refractivity contribution >= 4 is 11.4 Å². The number of aryl methyl sites for hydroxylation is 2. The zero-order chi connectivity index (χ0) is 14.0. The van der Waals surface area contributed by atoms with Crippen LogP contribution in [0.4, 0.5) is 20.2 Å². The van der Waals surface area contributed by atoms with Gasteiger partial charge in [0.25, 0.3) is 0 Å². The summed E-state index contributed by atoms with van der Waals surface area (Å²) in [5.41, 5.74) is 1.74. The standard InChI is InChI=1S/C15H12F2N2/c1-9-3-5-11(8-18)13(7-9)19-15-12(16)6-4-10(2)14(15)17/h3-7,19H,1-2H3. The molecule has 0 spiro atoms. The van der Waals surface area contributed by atoms with Crippen molar-refractivity contribution in [3.8, 4) is 6.07 Å². The van der Waals surface area contributed by atoms with E-state index in [1.807, 2.05) is 13.0 Å². The molecule has 0 atom stereocenters. The predicted molar refractivity (Wildman–Crippen MR) is 70.3 cm³/mol. The Hall–Kier alpha value is -2.41. The third kappa shape index (κ3) is 2.55. The van der Waals surface area contributed by atoms with Gasteiger partial charge in [0.15, 0.2) is 5.82 Å². The Morgan fingerprint density at radius 1 is 1.11 bits per heavy atom. The number of nitrogens with zero attached hydrogens (tertiary/aromatic N) is 1. The Kier molecular flexibility index (Phi) is 3.48. The van der Waals surface area contributed by atoms with E-state index in [2.05, 4.69) is 5.32 Å². The lowest BCUT2D eigenvalue weighted by atomic mass is 10.1. The first-order chi connectivity index (χ1) is 9.02. The van der Waals surface area contributed by atoms with Gasteiger partial charge >= 0.3 is 0 Å². The zero-order valence-corrected chi connectivity index (χ0v) is 10.6. The van der Waals surface area contributed by atoms with Gasteiger partial charge in [-0.2, -0.15) is 5.26 Å². The summed E-state index contributed by atoms with van der Waals surface area (Å²) in [5, 5.41) is 11.7. The number of halogens is 2. The number of nitrogens with one attached hydrogen (secondary N) is 1. The largest absolute Gasteiger partial charge is 0.350 e. The van der Waals surface area contributed by atoms with Gasteiger partial charge in [-0.15, -0.1) is 0 Å². The fraction of sp³-hybridized carbons (Fsp3) is 0.133. The van der Waals surface area contributed by atoms with Gasteiger partial charge < -0.3 is 5.32 Å². The third-order valence-electron chi connectivity index (χ3n) is 2.84. The molecule has 0 saturated heterocycles. The summed E-state index contributed by atoms with van der Waals surface area (Å²) < 4.78 is 27.6. The molecule has 0 aromatic heterocycles. The number of hydrogen-bond donors (Lipinski definition) is 1. The van der Waals surface area contributed by atoms with Gasteiger partial charge in [0.05, 0.1) is 11.3 Å². The normalized spacial score (nSPS) is 10.1. The Labute approximate surface area is 110 Å². The van der Waals surface area contributed by atoms with Crippen molar-refractivity contribution in [2.24, 2.45) is 0 Å². The van der Waals surface area contributed by atoms with E-state index in [9.17, 15) is 8.78 Å². The molecule has 0 fully saturated rings. The number of anilines is 2. The van der Waals surface area contributed by atoms with E-state index in [1.54, 1.807) is 25.1 Å². The zero-order valence-electron chi connectivity index (χ0n) is 10.6. The van der Waals surface area contributed by atoms with Crippen molar-refractivity contribution in [3.05, 3.63) is 58.7 Å². The van der Waals surface area contributed by atoms with E-state index in [0.29, 0.717) is 16.8 Å². The summed E-state index contributed by atoms with van der Waals surface area (Å²) in [6, 6.07) is 9.62. The minimum atomic E-state index is -0.687. The molecule has 96 valence electrons. The molecule has 1 N–H and O–H groups in total. The minimum absolute atomic E-state index is 0.234. The fourth-order valence-electron chi connectivity index (χ4n) is 1.76. The van der Waals surface area contributed by atoms with Crippen LogP contribution < -0.4 is 5.32 Å². The van der Waals surface area contributed by atoms with Crippen molar-refractivity contribution in [2.45, 2.75) is 13.8 Å². The lowest BCUT2D eigenvalue weighted by Crippen LogP contribution is -2.01. The van der Waals surface area contributed by atoms with Crippen LogP contribution in [0.2, 0.25) is 0 Å². The minimum Gasteiger partial charge on any atom is -0.350 e. The van der Waals surface area contributed by atoms with E-state index in [-0.39, 0.29) is 5.69 Å². The first-order valence-electron chi connectivity index (χ1n) is 5.75. The second kappa shape index (κ2) is 5.07. The van der Waals surface area contributed by atoms with Crippen molar-refractivity contribution in [1.82, 2.24) is 0 Å². The van der Waals surface area contributed by atoms with Gasteiger partial charge in [0.2, 0.25) is 0 Å². The maximum atomic E-state index is 13.9. The number of nitriles is 1. The highest BCUT2D eigenvalue weighted by Crippen LogP contribution is 2.27. The smallest absolute Gasteiger partial charge is 0.152 e. The van der Waals surface area contributed by atoms with Crippen LogP contribution in [-0.2, 0) is 0 Å². The molecule has 2 aromatic rings. The molecule has 0 aliphatic carbocycles. The van der Waals surface area contributed by atoms with Gasteiger partial charge in [-0.25, -0.2) is 8.78 Å². The van der Waals surface area contributed by atoms with Crippen LogP contribution in [0, 0.1) is 36.8 Å². The average Bonchev–Trinajstić information content (AvgIpc) is 2.39. The van der Waals surface area contributed by atoms with E-state index in [0.717, 1.165) is 5.56 Å². The molecule has 0 unspecified atom stereocenters. The number of benzene rings is 2. The molecular weight excluding hydrogens is 246 g/mol. The summed E-state index contributed by atoms with van der Waals surface area (Å²) in [5.74, 6) is -1.33. The summed E-state index contributed by atoms with van der Waals surface area (Å²) in [7, 11) is 0. The molecule has 0 aliphatic heterocycles. The summed E-state index contributed by atoms with van der Waals surface area (Å²) >= 11 is 0. The molecule has 2 aromatic carbocycles. The van der Waals surface area contributed by atoms with E-state index >= 15 is 0 Å². The third-order valence-corrected chi connectivity index (χ3v) is 2.84. The molecule has 2 nitrogen and oxygen atoms in total. The summed E-state index contributed by atoms with van der Waals surface area (Å²) in [6.07, 6.45) is 0. The van der Waals surface area contributed by atoms with E-state index in [1.165, 1.54) is 12.1 Å². The highest BCUT2D eigenvalue weighted by molar-refractivity contribution is 5.68. The van der Waals surface area contributed by atoms with Gasteiger partial charge in [-0.3, -0.25) is 0 Å². The highest BCUT2D eigenvalue weighted by Gasteiger charge is 2.13. The molecule has 0 bridgehead atoms. The quantitative estimate of drug-likeness (QED) is 0.876. The maximum absolute atomic E-state index is 13.9. The van der Waals surface area contributed by atoms with Crippen LogP contribution in [0.25, 0.3) is 0 Å². The van der Waals surface area contributed by atoms with E-state index in [4.69, 9.17) is 5.26 Å². The van der Waals surface area contributed by atoms with Crippen LogP contribution in [0.5, 0.6) is 0 Å². The lowest BCUT2D eigenvalue weighted by molar-refractivity contribution is 0.585. The van der Waals surface area contributed by atoms with Crippen LogP contribution in [-0.4, -0.2) is 0 Å². The fourth-order valence-corrected chi connectivity index (χ4v) is 1.76. The average molecular weight is 258 g/mol. The molecule has 0 aliphatic rings. The number of hydrogen-bond acceptors (Lipinski definition) is 2. The first kappa shape index (κ1) is 13.0. The summed E-state index contributed by atoms with van der Waals surface area (Å²) in [6.45, 7) is 3.40. The molecule has 19 heavy (non-hydrogen) atoms. The molecule has 2 rings (SSSR count). The second-order valence-electron chi connectivity index (χ2n) is 4.34. The Balaban J connectivity index is 2.51. The molecule has 0 saturated carbocycles. The Morgan fingerprint density at radius 2 is 1.84 bits per heavy atom. The SMILES string of the molecule is Cc1ccc(C#N)c(Nc2c(F)ccc(C)c2F)c1. The van der Waals surface area contributed by atoms with Gasteiger partial charge in [0.1, 0.15) is 17.6 Å². The maximum Gasteiger partial charge on any atom is 0.152 e. The van der Waals surface area contributed by atoms with Crippen molar-refractivity contribution in [1.29, 1.82) is 5.26 Å².